The van der Waals surface area contributed by atoms with Crippen LogP contribution < -0.4 is 16.0 Å². The standard InChI is InChI=1S/C43H66N6O9S/c1-10-27(6)38(47-40(54)34-13-11-12-18-48(34)9)42(55)49(24-44-37(52)19-25(2)3)35(26(4)5)22-36(58-29(8)50)41-46-33(23-59-41)39(53)45-31(20-28(7)43(56)57)21-30-14-16-32(51)17-15-30/h14-17,23,25-28,31,34-36,38,51H,10-13,18-22,24H2,1-9H3,(H,44,52)(H,45,53)(H,47,54)(H,56,57)/t27?,28-,31+,34?,35+,36+,38-/m0/s1. The molecule has 16 heteroatoms. The Balaban J connectivity index is 1.96. The number of aromatic nitrogens is 1. The number of rotatable bonds is 22. The molecule has 7 atom stereocenters. The van der Waals surface area contributed by atoms with E-state index in [4.69, 9.17) is 4.74 Å². The summed E-state index contributed by atoms with van der Waals surface area (Å²) in [4.78, 5) is 87.8. The van der Waals surface area contributed by atoms with Gasteiger partial charge in [0, 0.05) is 37.2 Å². The number of carbonyl (C=O) groups excluding carboxylic acids is 5. The van der Waals surface area contributed by atoms with Crippen molar-refractivity contribution >= 4 is 46.9 Å². The van der Waals surface area contributed by atoms with Crippen LogP contribution in [0.25, 0.3) is 0 Å². The number of hydrogen-bond acceptors (Lipinski definition) is 11. The lowest BCUT2D eigenvalue weighted by Gasteiger charge is -2.40. The van der Waals surface area contributed by atoms with Gasteiger partial charge in [0.2, 0.25) is 17.7 Å². The second kappa shape index (κ2) is 23.3. The fraction of sp³-hybridized carbons (Fsp3) is 0.651. The summed E-state index contributed by atoms with van der Waals surface area (Å²) < 4.78 is 5.84. The van der Waals surface area contributed by atoms with E-state index in [1.165, 1.54) is 24.4 Å². The fourth-order valence-corrected chi connectivity index (χ4v) is 8.15. The van der Waals surface area contributed by atoms with Gasteiger partial charge in [0.15, 0.2) is 6.10 Å². The summed E-state index contributed by atoms with van der Waals surface area (Å²) in [5, 5.41) is 30.1. The third kappa shape index (κ3) is 15.2. The molecular weight excluding hydrogens is 777 g/mol. The molecule has 59 heavy (non-hydrogen) atoms. The number of benzene rings is 1. The number of piperidine rings is 1. The zero-order chi connectivity index (χ0) is 44.0. The van der Waals surface area contributed by atoms with E-state index in [0.717, 1.165) is 36.3 Å². The molecule has 1 aliphatic heterocycles. The maximum atomic E-state index is 14.9. The Morgan fingerprint density at radius 3 is 2.25 bits per heavy atom. The van der Waals surface area contributed by atoms with Crippen LogP contribution in [0, 0.1) is 23.7 Å². The Hall–Kier alpha value is -4.57. The molecule has 3 rings (SSSR count). The average Bonchev–Trinajstić information content (AvgIpc) is 3.67. The Morgan fingerprint density at radius 2 is 1.68 bits per heavy atom. The van der Waals surface area contributed by atoms with Crippen molar-refractivity contribution in [2.45, 2.75) is 137 Å². The number of esters is 1. The van der Waals surface area contributed by atoms with Gasteiger partial charge in [-0.1, -0.05) is 73.4 Å². The first-order valence-electron chi connectivity index (χ1n) is 20.8. The number of likely N-dealkylation sites (N-methyl/N-ethyl adjacent to an activating group) is 1. The highest BCUT2D eigenvalue weighted by atomic mass is 32.1. The van der Waals surface area contributed by atoms with E-state index >= 15 is 0 Å². The van der Waals surface area contributed by atoms with Crippen LogP contribution in [-0.2, 0) is 35.1 Å². The lowest BCUT2D eigenvalue weighted by molar-refractivity contribution is -0.150. The van der Waals surface area contributed by atoms with Crippen molar-refractivity contribution < 1.29 is 43.7 Å². The summed E-state index contributed by atoms with van der Waals surface area (Å²) in [6, 6.07) is 3.98. The third-order valence-electron chi connectivity index (χ3n) is 11.0. The molecule has 0 radical (unpaired) electrons. The number of carboxylic acids is 1. The summed E-state index contributed by atoms with van der Waals surface area (Å²) in [5.41, 5.74) is 0.832. The predicted molar refractivity (Wildman–Crippen MR) is 225 cm³/mol. The number of hydrogen-bond donors (Lipinski definition) is 5. The van der Waals surface area contributed by atoms with Crippen molar-refractivity contribution in [1.29, 1.82) is 0 Å². The molecular formula is C43H66N6O9S. The lowest BCUT2D eigenvalue weighted by atomic mass is 9.92. The number of phenolic OH excluding ortho intramolecular Hbond substituents is 1. The van der Waals surface area contributed by atoms with Crippen LogP contribution in [0.5, 0.6) is 5.75 Å². The summed E-state index contributed by atoms with van der Waals surface area (Å²) in [6.07, 6.45) is 2.97. The number of likely N-dealkylation sites (tertiary alicyclic amines) is 1. The van der Waals surface area contributed by atoms with Crippen molar-refractivity contribution in [1.82, 2.24) is 30.7 Å². The molecule has 15 nitrogen and oxygen atoms in total. The Bertz CT molecular complexity index is 1720. The van der Waals surface area contributed by atoms with Crippen LogP contribution in [0.2, 0.25) is 0 Å². The zero-order valence-electron chi connectivity index (χ0n) is 36.2. The molecule has 1 fully saturated rings. The van der Waals surface area contributed by atoms with E-state index < -0.39 is 48.0 Å². The molecule has 0 spiro atoms. The second-order valence-electron chi connectivity index (χ2n) is 16.8. The van der Waals surface area contributed by atoms with Gasteiger partial charge in [-0.2, -0.15) is 0 Å². The van der Waals surface area contributed by atoms with Crippen molar-refractivity contribution in [3.05, 3.63) is 45.9 Å². The van der Waals surface area contributed by atoms with E-state index in [1.54, 1.807) is 24.0 Å². The molecule has 1 aliphatic rings. The van der Waals surface area contributed by atoms with Crippen LogP contribution in [0.4, 0.5) is 0 Å². The summed E-state index contributed by atoms with van der Waals surface area (Å²) >= 11 is 1.11. The molecule has 1 aromatic heterocycles. The molecule has 1 saturated heterocycles. The highest BCUT2D eigenvalue weighted by molar-refractivity contribution is 7.09. The van der Waals surface area contributed by atoms with Gasteiger partial charge in [-0.15, -0.1) is 11.3 Å². The first kappa shape index (κ1) is 48.8. The SMILES string of the molecule is CCC(C)[C@H](NC(=O)C1CCCCN1C)C(=O)N(CNC(=O)CC(C)C)[C@H](C[C@@H](OC(C)=O)c1nc(C(=O)N[C@@H](Cc2ccc(O)cc2)C[C@H](C)C(=O)O)cs1)C(C)C. The number of amides is 4. The van der Waals surface area contributed by atoms with Gasteiger partial charge >= 0.3 is 11.9 Å². The number of carboxylic acid groups (broad SMARTS) is 1. The minimum Gasteiger partial charge on any atom is -0.508 e. The van der Waals surface area contributed by atoms with E-state index in [-0.39, 0.29) is 78.9 Å². The molecule has 2 aromatic rings. The Labute approximate surface area is 353 Å². The van der Waals surface area contributed by atoms with Crippen molar-refractivity contribution in [3.8, 4) is 5.75 Å². The van der Waals surface area contributed by atoms with Gasteiger partial charge in [0.1, 0.15) is 22.5 Å². The van der Waals surface area contributed by atoms with Gasteiger partial charge in [-0.05, 0) is 74.7 Å². The van der Waals surface area contributed by atoms with Gasteiger partial charge in [0.05, 0.1) is 18.6 Å². The highest BCUT2D eigenvalue weighted by Gasteiger charge is 2.39. The number of aliphatic carboxylic acids is 1. The molecule has 0 bridgehead atoms. The third-order valence-corrected chi connectivity index (χ3v) is 11.9. The van der Waals surface area contributed by atoms with Crippen molar-refractivity contribution in [2.75, 3.05) is 20.3 Å². The van der Waals surface area contributed by atoms with Gasteiger partial charge in [-0.3, -0.25) is 33.7 Å². The molecule has 2 heterocycles. The topological polar surface area (TPSA) is 208 Å². The predicted octanol–water partition coefficient (Wildman–Crippen LogP) is 5.28. The number of nitrogens with one attached hydrogen (secondary N) is 3. The molecule has 0 aliphatic carbocycles. The largest absolute Gasteiger partial charge is 0.508 e. The second-order valence-corrected chi connectivity index (χ2v) is 17.6. The quantitative estimate of drug-likeness (QED) is 0.0761. The molecule has 0 saturated carbocycles. The molecule has 4 amide bonds. The summed E-state index contributed by atoms with van der Waals surface area (Å²) in [7, 11) is 1.91. The van der Waals surface area contributed by atoms with Crippen LogP contribution in [0.15, 0.2) is 29.6 Å². The lowest BCUT2D eigenvalue weighted by Crippen LogP contribution is -2.60. The number of phenols is 1. The number of ether oxygens (including phenoxy) is 1. The van der Waals surface area contributed by atoms with Crippen molar-refractivity contribution in [3.63, 3.8) is 0 Å². The van der Waals surface area contributed by atoms with Gasteiger partial charge in [-0.25, -0.2) is 4.98 Å². The Kier molecular flexibility index (Phi) is 19.3. The number of thiazole rings is 1. The van der Waals surface area contributed by atoms with Crippen LogP contribution in [0.3, 0.4) is 0 Å². The van der Waals surface area contributed by atoms with E-state index in [9.17, 15) is 39.0 Å². The monoisotopic (exact) mass is 842 g/mol. The summed E-state index contributed by atoms with van der Waals surface area (Å²) in [5.74, 6) is -4.04. The van der Waals surface area contributed by atoms with Gasteiger partial charge in [0.25, 0.3) is 5.91 Å². The van der Waals surface area contributed by atoms with E-state index in [1.807, 2.05) is 53.5 Å². The maximum Gasteiger partial charge on any atom is 0.306 e. The highest BCUT2D eigenvalue weighted by Crippen LogP contribution is 2.32. The molecule has 5 N–H and O–H groups in total. The van der Waals surface area contributed by atoms with Crippen molar-refractivity contribution in [2.24, 2.45) is 23.7 Å². The maximum absolute atomic E-state index is 14.9. The molecule has 1 aromatic carbocycles. The minimum absolute atomic E-state index is 0.0445. The van der Waals surface area contributed by atoms with Gasteiger partial charge < -0.3 is 35.8 Å². The minimum atomic E-state index is -1.00. The van der Waals surface area contributed by atoms with E-state index in [2.05, 4.69) is 20.9 Å². The first-order chi connectivity index (χ1) is 27.8. The Morgan fingerprint density at radius 1 is 1.00 bits per heavy atom. The average molecular weight is 843 g/mol. The molecule has 328 valence electrons. The normalized spacial score (nSPS) is 17.6. The smallest absolute Gasteiger partial charge is 0.306 e. The van der Waals surface area contributed by atoms with Crippen LogP contribution in [0.1, 0.15) is 127 Å². The summed E-state index contributed by atoms with van der Waals surface area (Å²) in [6.45, 7) is 15.0. The molecule has 2 unspecified atom stereocenters. The van der Waals surface area contributed by atoms with Crippen LogP contribution in [-0.4, -0.2) is 105 Å². The van der Waals surface area contributed by atoms with E-state index in [0.29, 0.717) is 24.3 Å². The fourth-order valence-electron chi connectivity index (χ4n) is 7.31. The number of nitrogens with zero attached hydrogens (tertiary/aromatic N) is 3. The first-order valence-corrected chi connectivity index (χ1v) is 21.7. The zero-order valence-corrected chi connectivity index (χ0v) is 37.0. The number of carbonyl (C=O) groups is 6. The van der Waals surface area contributed by atoms with Crippen LogP contribution >= 0.6 is 11.3 Å². The number of aromatic hydroxyl groups is 1.